The van der Waals surface area contributed by atoms with E-state index in [1.54, 1.807) is 13.8 Å². The van der Waals surface area contributed by atoms with Crippen molar-refractivity contribution in [1.82, 2.24) is 35.8 Å². The van der Waals surface area contributed by atoms with Crippen molar-refractivity contribution in [1.29, 1.82) is 0 Å². The van der Waals surface area contributed by atoms with Gasteiger partial charge in [0.2, 0.25) is 17.7 Å². The fourth-order valence-corrected chi connectivity index (χ4v) is 6.20. The minimum absolute atomic E-state index is 0. The van der Waals surface area contributed by atoms with Crippen LogP contribution in [-0.4, -0.2) is 97.7 Å². The average molecular weight is 668 g/mol. The lowest BCUT2D eigenvalue weighted by Crippen LogP contribution is -2.56. The Morgan fingerprint density at radius 1 is 1.17 bits per heavy atom. The smallest absolute Gasteiger partial charge is 0.315 e. The van der Waals surface area contributed by atoms with Gasteiger partial charge < -0.3 is 42.5 Å². The number of aliphatic hydroxyl groups is 2. The molecule has 9 N–H and O–H groups in total. The van der Waals surface area contributed by atoms with Crippen LogP contribution in [0.3, 0.4) is 0 Å². The molecule has 0 bridgehead atoms. The van der Waals surface area contributed by atoms with E-state index < -0.39 is 53.7 Å². The number of likely N-dealkylation sites (tertiary alicyclic amines) is 1. The highest BCUT2D eigenvalue weighted by Gasteiger charge is 2.44. The molecule has 4 unspecified atom stereocenters. The Labute approximate surface area is 276 Å². The third-order valence-electron chi connectivity index (χ3n) is 8.62. The summed E-state index contributed by atoms with van der Waals surface area (Å²) >= 11 is 0. The lowest BCUT2D eigenvalue weighted by Gasteiger charge is -2.31. The summed E-state index contributed by atoms with van der Waals surface area (Å²) in [5.74, 6) is 0.699. The van der Waals surface area contributed by atoms with Gasteiger partial charge in [0, 0.05) is 19.5 Å². The van der Waals surface area contributed by atoms with Crippen molar-refractivity contribution in [3.05, 3.63) is 11.9 Å². The standard InChI is InChI=1S/C30H49N9O6.ClH/c1-4-13-33-29(44)34-14-9-8-12-22(25(40)26(32)41)36-27(42)23-16-20(39-24(17-35-37-39)30(2,3)45)18-38(23)28(43)21(31)15-19-10-6-5-7-11-19;/h1,17,19-23,25,40,45H,5-16,18,31H2,2-3H3,(H2,32,41)(H,36,42)(H2,33,34,44);1H/t20?,21-,22?,23?,25?;/m1./s1. The lowest BCUT2D eigenvalue weighted by molar-refractivity contribution is -0.141. The quantitative estimate of drug-likeness (QED) is 0.0968. The van der Waals surface area contributed by atoms with Gasteiger partial charge in [0.15, 0.2) is 6.10 Å². The molecule has 1 aliphatic heterocycles. The molecule has 2 aliphatic rings. The van der Waals surface area contributed by atoms with E-state index in [2.05, 4.69) is 32.2 Å². The van der Waals surface area contributed by atoms with E-state index in [0.29, 0.717) is 37.4 Å². The second-order valence-electron chi connectivity index (χ2n) is 12.6. The summed E-state index contributed by atoms with van der Waals surface area (Å²) in [7, 11) is 0. The third-order valence-corrected chi connectivity index (χ3v) is 8.62. The van der Waals surface area contributed by atoms with E-state index in [-0.39, 0.29) is 44.2 Å². The molecule has 46 heavy (non-hydrogen) atoms. The average Bonchev–Trinajstić information content (AvgIpc) is 3.67. The van der Waals surface area contributed by atoms with Crippen molar-refractivity contribution < 1.29 is 29.4 Å². The molecule has 2 heterocycles. The number of primary amides is 1. The summed E-state index contributed by atoms with van der Waals surface area (Å²) < 4.78 is 1.53. The highest BCUT2D eigenvalue weighted by molar-refractivity contribution is 5.91. The van der Waals surface area contributed by atoms with Crippen LogP contribution in [0.15, 0.2) is 6.20 Å². The predicted octanol–water partition coefficient (Wildman–Crippen LogP) is -0.199. The van der Waals surface area contributed by atoms with Gasteiger partial charge in [-0.1, -0.05) is 43.2 Å². The second kappa shape index (κ2) is 18.0. The Balaban J connectivity index is 0.00000736. The fraction of sp³-hybridized carbons (Fsp3) is 0.733. The Bertz CT molecular complexity index is 1210. The number of carbonyl (C=O) groups excluding carboxylic acids is 4. The van der Waals surface area contributed by atoms with Gasteiger partial charge in [-0.25, -0.2) is 9.48 Å². The van der Waals surface area contributed by atoms with Crippen LogP contribution >= 0.6 is 12.4 Å². The van der Waals surface area contributed by atoms with Gasteiger partial charge in [0.1, 0.15) is 11.6 Å². The first-order valence-corrected chi connectivity index (χ1v) is 15.8. The molecule has 5 amide bonds. The monoisotopic (exact) mass is 667 g/mol. The van der Waals surface area contributed by atoms with Crippen LogP contribution < -0.4 is 27.4 Å². The highest BCUT2D eigenvalue weighted by atomic mass is 35.5. The number of aromatic nitrogens is 3. The molecule has 1 aromatic rings. The van der Waals surface area contributed by atoms with Crippen LogP contribution in [0.5, 0.6) is 0 Å². The van der Waals surface area contributed by atoms with Gasteiger partial charge in [-0.15, -0.1) is 23.9 Å². The van der Waals surface area contributed by atoms with Crippen molar-refractivity contribution >= 4 is 36.2 Å². The molecule has 1 aliphatic carbocycles. The maximum atomic E-state index is 13.8. The molecule has 2 fully saturated rings. The summed E-state index contributed by atoms with van der Waals surface area (Å²) in [6.07, 6.45) is 12.1. The molecule has 3 rings (SSSR count). The number of terminal acetylenes is 1. The summed E-state index contributed by atoms with van der Waals surface area (Å²) in [5.41, 5.74) is 11.0. The van der Waals surface area contributed by atoms with Crippen molar-refractivity contribution in [2.24, 2.45) is 17.4 Å². The number of hydrogen-bond donors (Lipinski definition) is 7. The van der Waals surface area contributed by atoms with Crippen LogP contribution in [0.1, 0.15) is 89.8 Å². The van der Waals surface area contributed by atoms with E-state index in [1.165, 1.54) is 22.2 Å². The first kappa shape index (κ1) is 38.7. The molecule has 1 saturated heterocycles. The zero-order valence-corrected chi connectivity index (χ0v) is 27.5. The Kier molecular flexibility index (Phi) is 15.2. The van der Waals surface area contributed by atoms with Gasteiger partial charge in [-0.2, -0.15) is 0 Å². The number of urea groups is 1. The fourth-order valence-electron chi connectivity index (χ4n) is 6.20. The minimum atomic E-state index is -1.67. The lowest BCUT2D eigenvalue weighted by atomic mass is 9.84. The number of nitrogens with one attached hydrogen (secondary N) is 3. The van der Waals surface area contributed by atoms with E-state index in [4.69, 9.17) is 17.9 Å². The first-order chi connectivity index (χ1) is 21.3. The van der Waals surface area contributed by atoms with Crippen LogP contribution in [0.25, 0.3) is 0 Å². The van der Waals surface area contributed by atoms with E-state index in [1.807, 2.05) is 0 Å². The predicted molar refractivity (Wildman–Crippen MR) is 172 cm³/mol. The molecule has 1 aromatic heterocycles. The van der Waals surface area contributed by atoms with Crippen LogP contribution in [-0.2, 0) is 20.0 Å². The maximum absolute atomic E-state index is 13.8. The molecule has 1 saturated carbocycles. The Morgan fingerprint density at radius 2 is 1.87 bits per heavy atom. The number of amides is 5. The molecule has 0 radical (unpaired) electrons. The van der Waals surface area contributed by atoms with Crippen LogP contribution in [0.2, 0.25) is 0 Å². The minimum Gasteiger partial charge on any atom is -0.384 e. The summed E-state index contributed by atoms with van der Waals surface area (Å²) in [4.78, 5) is 52.6. The Hall–Kier alpha value is -3.45. The number of nitrogens with two attached hydrogens (primary N) is 2. The SMILES string of the molecule is C#CCNC(=O)NCCCCC(NC(=O)C1CC(n2nncc2C(C)(C)O)CN1C(=O)[C@H](N)CC1CCCCC1)C(O)C(N)=O.Cl. The maximum Gasteiger partial charge on any atom is 0.315 e. The molecule has 15 nitrogen and oxygen atoms in total. The number of unbranched alkanes of at least 4 members (excludes halogenated alkanes) is 1. The molecular formula is C30H50ClN9O6. The number of carbonyl (C=O) groups is 4. The normalized spacial score (nSPS) is 20.5. The number of nitrogens with zero attached hydrogens (tertiary/aromatic N) is 4. The van der Waals surface area contributed by atoms with E-state index >= 15 is 0 Å². The molecular weight excluding hydrogens is 618 g/mol. The van der Waals surface area contributed by atoms with Gasteiger partial charge in [0.05, 0.1) is 36.6 Å². The number of rotatable bonds is 15. The number of hydrogen-bond acceptors (Lipinski definition) is 9. The van der Waals surface area contributed by atoms with E-state index in [0.717, 1.165) is 25.7 Å². The van der Waals surface area contributed by atoms with Crippen LogP contribution in [0, 0.1) is 18.3 Å². The molecule has 5 atom stereocenters. The van der Waals surface area contributed by atoms with Gasteiger partial charge in [-0.05, 0) is 45.4 Å². The van der Waals surface area contributed by atoms with Crippen molar-refractivity contribution in [3.63, 3.8) is 0 Å². The molecule has 258 valence electrons. The van der Waals surface area contributed by atoms with Crippen molar-refractivity contribution in [3.8, 4) is 12.3 Å². The molecule has 16 heteroatoms. The van der Waals surface area contributed by atoms with Gasteiger partial charge in [0.25, 0.3) is 0 Å². The van der Waals surface area contributed by atoms with E-state index in [9.17, 15) is 29.4 Å². The molecule has 0 aromatic carbocycles. The topological polar surface area (TPSA) is 231 Å². The number of halogens is 1. The summed E-state index contributed by atoms with van der Waals surface area (Å²) in [5, 5.41) is 37.2. The largest absolute Gasteiger partial charge is 0.384 e. The summed E-state index contributed by atoms with van der Waals surface area (Å²) in [6.45, 7) is 3.70. The first-order valence-electron chi connectivity index (χ1n) is 15.8. The Morgan fingerprint density at radius 3 is 2.50 bits per heavy atom. The zero-order valence-electron chi connectivity index (χ0n) is 26.7. The summed E-state index contributed by atoms with van der Waals surface area (Å²) in [6, 6.07) is -3.72. The van der Waals surface area contributed by atoms with Gasteiger partial charge >= 0.3 is 6.03 Å². The van der Waals surface area contributed by atoms with Crippen molar-refractivity contribution in [2.75, 3.05) is 19.6 Å². The zero-order chi connectivity index (χ0) is 33.1. The highest BCUT2D eigenvalue weighted by Crippen LogP contribution is 2.33. The second-order valence-corrected chi connectivity index (χ2v) is 12.6. The van der Waals surface area contributed by atoms with Gasteiger partial charge in [-0.3, -0.25) is 14.4 Å². The number of aliphatic hydroxyl groups excluding tert-OH is 1. The van der Waals surface area contributed by atoms with Crippen molar-refractivity contribution in [2.45, 2.75) is 114 Å². The molecule has 0 spiro atoms. The third kappa shape index (κ3) is 10.8. The van der Waals surface area contributed by atoms with Crippen LogP contribution in [0.4, 0.5) is 4.79 Å².